The van der Waals surface area contributed by atoms with E-state index >= 15 is 0 Å². The van der Waals surface area contributed by atoms with Crippen molar-refractivity contribution in [3.63, 3.8) is 0 Å². The second kappa shape index (κ2) is 9.94. The lowest BCUT2D eigenvalue weighted by atomic mass is 10.1. The third-order valence-corrected chi connectivity index (χ3v) is 5.79. The number of aryl methyl sites for hydroxylation is 1. The lowest BCUT2D eigenvalue weighted by molar-refractivity contribution is 0.0592. The quantitative estimate of drug-likeness (QED) is 0.256. The maximum Gasteiger partial charge on any atom is 0.337 e. The van der Waals surface area contributed by atoms with Crippen LogP contribution >= 0.6 is 0 Å². The average Bonchev–Trinajstić information content (AvgIpc) is 2.93. The van der Waals surface area contributed by atoms with Crippen LogP contribution in [0, 0.1) is 6.92 Å². The summed E-state index contributed by atoms with van der Waals surface area (Å²) >= 11 is 0. The molecule has 0 spiro atoms. The molecular weight excluding hydrogens is 472 g/mol. The fraction of sp³-hybridized carbons (Fsp3) is 0.103. The van der Waals surface area contributed by atoms with Gasteiger partial charge in [-0.25, -0.2) is 14.6 Å². The van der Waals surface area contributed by atoms with E-state index in [0.717, 1.165) is 27.1 Å². The molecule has 0 aliphatic heterocycles. The Balaban J connectivity index is 1.36. The van der Waals surface area contributed by atoms with Gasteiger partial charge in [0.05, 0.1) is 25.3 Å². The first-order valence-electron chi connectivity index (χ1n) is 11.4. The number of fused-ring (bicyclic) bond motifs is 2. The molecule has 0 amide bonds. The van der Waals surface area contributed by atoms with Crippen LogP contribution in [0.15, 0.2) is 79.0 Å². The minimum atomic E-state index is -0.389. The molecule has 8 nitrogen and oxygen atoms in total. The van der Waals surface area contributed by atoms with Gasteiger partial charge in [-0.05, 0) is 77.0 Å². The van der Waals surface area contributed by atoms with Crippen LogP contribution in [-0.2, 0) is 9.47 Å². The van der Waals surface area contributed by atoms with Gasteiger partial charge < -0.3 is 18.9 Å². The SMILES string of the molecule is COC(=O)c1ccc2cc(Oc3ncc(C)c(Oc4ccc5cc(C(=O)OC)ccc5c4)n3)ccc2c1. The molecule has 0 bridgehead atoms. The van der Waals surface area contributed by atoms with Gasteiger partial charge in [-0.2, -0.15) is 4.98 Å². The number of carbonyl (C=O) groups excluding carboxylic acids is 2. The van der Waals surface area contributed by atoms with Gasteiger partial charge in [-0.15, -0.1) is 0 Å². The van der Waals surface area contributed by atoms with Gasteiger partial charge in [0.15, 0.2) is 0 Å². The van der Waals surface area contributed by atoms with E-state index in [1.807, 2.05) is 43.3 Å². The number of methoxy groups -OCH3 is 2. The summed E-state index contributed by atoms with van der Waals surface area (Å²) in [6.45, 7) is 1.84. The topological polar surface area (TPSA) is 96.8 Å². The van der Waals surface area contributed by atoms with Crippen molar-refractivity contribution in [2.45, 2.75) is 6.92 Å². The predicted octanol–water partition coefficient (Wildman–Crippen LogP) is 6.25. The Morgan fingerprint density at radius 1 is 0.649 bits per heavy atom. The van der Waals surface area contributed by atoms with Crippen molar-refractivity contribution >= 4 is 33.5 Å². The first-order valence-corrected chi connectivity index (χ1v) is 11.4. The maximum atomic E-state index is 11.8. The molecule has 0 fully saturated rings. The van der Waals surface area contributed by atoms with Crippen molar-refractivity contribution in [3.05, 3.63) is 95.7 Å². The first kappa shape index (κ1) is 23.7. The van der Waals surface area contributed by atoms with E-state index in [1.54, 1.807) is 42.6 Å². The Morgan fingerprint density at radius 3 is 1.68 bits per heavy atom. The monoisotopic (exact) mass is 494 g/mol. The van der Waals surface area contributed by atoms with Gasteiger partial charge in [0.2, 0.25) is 5.88 Å². The van der Waals surface area contributed by atoms with Crippen LogP contribution < -0.4 is 9.47 Å². The smallest absolute Gasteiger partial charge is 0.337 e. The van der Waals surface area contributed by atoms with Crippen LogP contribution in [0.5, 0.6) is 23.4 Å². The molecule has 1 aromatic heterocycles. The molecule has 37 heavy (non-hydrogen) atoms. The van der Waals surface area contributed by atoms with Gasteiger partial charge in [0, 0.05) is 11.8 Å². The molecule has 184 valence electrons. The van der Waals surface area contributed by atoms with Gasteiger partial charge in [0.1, 0.15) is 11.5 Å². The molecule has 5 rings (SSSR count). The second-order valence-corrected chi connectivity index (χ2v) is 8.28. The van der Waals surface area contributed by atoms with Crippen molar-refractivity contribution in [1.82, 2.24) is 9.97 Å². The highest BCUT2D eigenvalue weighted by Gasteiger charge is 2.12. The van der Waals surface area contributed by atoms with Crippen molar-refractivity contribution in [2.75, 3.05) is 14.2 Å². The average molecular weight is 495 g/mol. The van der Waals surface area contributed by atoms with Crippen molar-refractivity contribution in [3.8, 4) is 23.4 Å². The summed E-state index contributed by atoms with van der Waals surface area (Å²) in [5, 5.41) is 3.55. The second-order valence-electron chi connectivity index (χ2n) is 8.28. The van der Waals surface area contributed by atoms with E-state index < -0.39 is 0 Å². The molecule has 0 saturated heterocycles. The molecule has 0 unspecified atom stereocenters. The molecule has 0 saturated carbocycles. The number of ether oxygens (including phenoxy) is 4. The predicted molar refractivity (Wildman–Crippen MR) is 137 cm³/mol. The van der Waals surface area contributed by atoms with E-state index in [2.05, 4.69) is 9.97 Å². The molecule has 0 atom stereocenters. The molecule has 0 aliphatic rings. The molecule has 0 N–H and O–H groups in total. The van der Waals surface area contributed by atoms with Crippen LogP contribution in [0.3, 0.4) is 0 Å². The normalized spacial score (nSPS) is 10.8. The van der Waals surface area contributed by atoms with Gasteiger partial charge in [-0.1, -0.05) is 24.3 Å². The number of hydrogen-bond acceptors (Lipinski definition) is 8. The summed E-state index contributed by atoms with van der Waals surface area (Å²) in [6.07, 6.45) is 1.63. The van der Waals surface area contributed by atoms with E-state index in [1.165, 1.54) is 14.2 Å². The zero-order valence-electron chi connectivity index (χ0n) is 20.3. The Kier molecular flexibility index (Phi) is 6.38. The van der Waals surface area contributed by atoms with Crippen molar-refractivity contribution in [2.24, 2.45) is 0 Å². The lowest BCUT2D eigenvalue weighted by Crippen LogP contribution is -2.00. The Bertz CT molecular complexity index is 1660. The molecule has 0 aliphatic carbocycles. The van der Waals surface area contributed by atoms with Gasteiger partial charge in [0.25, 0.3) is 0 Å². The van der Waals surface area contributed by atoms with Crippen LogP contribution in [-0.4, -0.2) is 36.1 Å². The lowest BCUT2D eigenvalue weighted by Gasteiger charge is -2.11. The largest absolute Gasteiger partial charge is 0.465 e. The third-order valence-electron chi connectivity index (χ3n) is 5.79. The fourth-order valence-corrected chi connectivity index (χ4v) is 3.84. The third kappa shape index (κ3) is 5.04. The molecule has 5 aromatic rings. The number of benzene rings is 4. The van der Waals surface area contributed by atoms with Crippen molar-refractivity contribution < 1.29 is 28.5 Å². The highest BCUT2D eigenvalue weighted by Crippen LogP contribution is 2.30. The Morgan fingerprint density at radius 2 is 1.14 bits per heavy atom. The van der Waals surface area contributed by atoms with Crippen LogP contribution in [0.1, 0.15) is 26.3 Å². The highest BCUT2D eigenvalue weighted by molar-refractivity contribution is 5.96. The number of carbonyl (C=O) groups is 2. The van der Waals surface area contributed by atoms with Crippen LogP contribution in [0.4, 0.5) is 0 Å². The number of rotatable bonds is 6. The first-order chi connectivity index (χ1) is 17.9. The zero-order valence-corrected chi connectivity index (χ0v) is 20.3. The summed E-state index contributed by atoms with van der Waals surface area (Å²) < 4.78 is 21.5. The standard InChI is InChI=1S/C29H22N2O6/c1-17-16-30-29(37-25-11-9-19-13-23(28(33)35-3)7-5-21(19)15-25)31-26(17)36-24-10-8-18-12-22(27(32)34-2)6-4-20(18)14-24/h4-16H,1-3H3. The molecule has 1 heterocycles. The van der Waals surface area contributed by atoms with Crippen LogP contribution in [0.25, 0.3) is 21.5 Å². The molecule has 4 aromatic carbocycles. The molecule has 0 radical (unpaired) electrons. The van der Waals surface area contributed by atoms with E-state index in [0.29, 0.717) is 28.5 Å². The minimum absolute atomic E-state index is 0.134. The maximum absolute atomic E-state index is 11.8. The highest BCUT2D eigenvalue weighted by atomic mass is 16.5. The molecular formula is C29H22N2O6. The minimum Gasteiger partial charge on any atom is -0.465 e. The number of hydrogen-bond donors (Lipinski definition) is 0. The van der Waals surface area contributed by atoms with E-state index in [9.17, 15) is 9.59 Å². The zero-order chi connectivity index (χ0) is 25.9. The van der Waals surface area contributed by atoms with E-state index in [4.69, 9.17) is 18.9 Å². The van der Waals surface area contributed by atoms with Crippen LogP contribution in [0.2, 0.25) is 0 Å². The summed E-state index contributed by atoms with van der Waals surface area (Å²) in [5.74, 6) is 0.710. The van der Waals surface area contributed by atoms with E-state index in [-0.39, 0.29) is 17.9 Å². The number of aromatic nitrogens is 2. The summed E-state index contributed by atoms with van der Waals surface area (Å²) in [7, 11) is 2.71. The summed E-state index contributed by atoms with van der Waals surface area (Å²) in [4.78, 5) is 32.3. The number of esters is 2. The van der Waals surface area contributed by atoms with Gasteiger partial charge in [-0.3, -0.25) is 0 Å². The van der Waals surface area contributed by atoms with Crippen molar-refractivity contribution in [1.29, 1.82) is 0 Å². The summed E-state index contributed by atoms with van der Waals surface area (Å²) in [6, 6.07) is 21.7. The number of nitrogens with zero attached hydrogens (tertiary/aromatic N) is 2. The summed E-state index contributed by atoms with van der Waals surface area (Å²) in [5.41, 5.74) is 1.70. The fourth-order valence-electron chi connectivity index (χ4n) is 3.84. The molecule has 8 heteroatoms. The Hall–Kier alpha value is -4.98. The Labute approximate surface area is 212 Å². The van der Waals surface area contributed by atoms with Gasteiger partial charge >= 0.3 is 17.9 Å².